The maximum absolute atomic E-state index is 13.1. The van der Waals surface area contributed by atoms with Gasteiger partial charge in [0.05, 0.1) is 22.4 Å². The van der Waals surface area contributed by atoms with Gasteiger partial charge in [-0.3, -0.25) is 9.20 Å². The number of fused-ring (bicyclic) bond motifs is 1. The lowest BCUT2D eigenvalue weighted by Gasteiger charge is -2.18. The molecule has 0 aliphatic rings. The van der Waals surface area contributed by atoms with Gasteiger partial charge in [0.25, 0.3) is 0 Å². The lowest BCUT2D eigenvalue weighted by atomic mass is 10.1. The quantitative estimate of drug-likeness (QED) is 0.371. The number of carbonyl (C=O) groups is 1. The van der Waals surface area contributed by atoms with E-state index in [-0.39, 0.29) is 33.5 Å². The molecule has 1 amide bonds. The summed E-state index contributed by atoms with van der Waals surface area (Å²) in [7, 11) is 0. The van der Waals surface area contributed by atoms with Gasteiger partial charge in [-0.2, -0.15) is 13.2 Å². The summed E-state index contributed by atoms with van der Waals surface area (Å²) in [6.07, 6.45) is -3.69. The third-order valence-corrected chi connectivity index (χ3v) is 6.51. The molecule has 0 bridgehead atoms. The van der Waals surface area contributed by atoms with Gasteiger partial charge in [0.2, 0.25) is 5.91 Å². The highest BCUT2D eigenvalue weighted by atomic mass is 35.5. The third-order valence-electron chi connectivity index (χ3n) is 4.35. The molecule has 5 nitrogen and oxygen atoms in total. The minimum absolute atomic E-state index is 0.0522. The first kappa shape index (κ1) is 21.7. The highest BCUT2D eigenvalue weighted by Gasteiger charge is 2.32. The third kappa shape index (κ3) is 4.86. The van der Waals surface area contributed by atoms with Gasteiger partial charge in [0.15, 0.2) is 10.8 Å². The number of nitrogens with one attached hydrogen (secondary N) is 1. The van der Waals surface area contributed by atoms with E-state index in [4.69, 9.17) is 11.6 Å². The summed E-state index contributed by atoms with van der Waals surface area (Å²) in [4.78, 5) is 13.6. The molecule has 0 saturated carbocycles. The Morgan fingerprint density at radius 1 is 1.19 bits per heavy atom. The zero-order valence-electron chi connectivity index (χ0n) is 15.6. The smallest absolute Gasteiger partial charge is 0.344 e. The van der Waals surface area contributed by atoms with Gasteiger partial charge in [-0.05, 0) is 23.1 Å². The average Bonchev–Trinajstić information content (AvgIpc) is 3.41. The second-order valence-corrected chi connectivity index (χ2v) is 8.79. The van der Waals surface area contributed by atoms with E-state index >= 15 is 0 Å². The average molecular weight is 483 g/mol. The molecule has 160 valence electrons. The number of halogens is 4. The molecule has 0 saturated heterocycles. The van der Waals surface area contributed by atoms with Crippen LogP contribution in [0.1, 0.15) is 22.0 Å². The standard InChI is InChI=1S/C20H14ClF3N4OS2/c21-14-9-13(20(22,23)24)10-28-18(14)26-27-19(28)31-11-16(29)25-17(15-7-4-8-30-15)12-5-2-1-3-6-12/h1-10,17H,11H2,(H,25,29)/t17-/m0/s1. The summed E-state index contributed by atoms with van der Waals surface area (Å²) in [6, 6.07) is 13.8. The first-order valence-corrected chi connectivity index (χ1v) is 11.2. The van der Waals surface area contributed by atoms with Crippen LogP contribution in [0.15, 0.2) is 65.3 Å². The van der Waals surface area contributed by atoms with E-state index in [2.05, 4.69) is 15.5 Å². The van der Waals surface area contributed by atoms with Gasteiger partial charge in [0.1, 0.15) is 0 Å². The van der Waals surface area contributed by atoms with Crippen molar-refractivity contribution >= 4 is 46.3 Å². The molecule has 0 radical (unpaired) electrons. The number of hydrogen-bond donors (Lipinski definition) is 1. The number of rotatable bonds is 6. The lowest BCUT2D eigenvalue weighted by Crippen LogP contribution is -2.30. The van der Waals surface area contributed by atoms with Gasteiger partial charge >= 0.3 is 6.18 Å². The van der Waals surface area contributed by atoms with Crippen LogP contribution in [-0.4, -0.2) is 26.3 Å². The van der Waals surface area contributed by atoms with Crippen LogP contribution in [0.2, 0.25) is 5.02 Å². The Kier molecular flexibility index (Phi) is 6.22. The van der Waals surface area contributed by atoms with E-state index in [0.29, 0.717) is 0 Å². The van der Waals surface area contributed by atoms with Crippen molar-refractivity contribution in [2.45, 2.75) is 17.4 Å². The largest absolute Gasteiger partial charge is 0.417 e. The van der Waals surface area contributed by atoms with Crippen LogP contribution in [0, 0.1) is 0 Å². The van der Waals surface area contributed by atoms with Crippen LogP contribution in [0.25, 0.3) is 5.65 Å². The first-order chi connectivity index (χ1) is 14.8. The summed E-state index contributed by atoms with van der Waals surface area (Å²) in [5, 5.41) is 12.6. The monoisotopic (exact) mass is 482 g/mol. The zero-order valence-corrected chi connectivity index (χ0v) is 18.0. The second-order valence-electron chi connectivity index (χ2n) is 6.47. The van der Waals surface area contributed by atoms with E-state index in [1.54, 1.807) is 0 Å². The predicted molar refractivity (Wildman–Crippen MR) is 114 cm³/mol. The highest BCUT2D eigenvalue weighted by molar-refractivity contribution is 7.99. The zero-order chi connectivity index (χ0) is 22.0. The van der Waals surface area contributed by atoms with E-state index in [0.717, 1.165) is 38.9 Å². The first-order valence-electron chi connectivity index (χ1n) is 8.95. The summed E-state index contributed by atoms with van der Waals surface area (Å²) in [6.45, 7) is 0. The number of benzene rings is 1. The molecular formula is C20H14ClF3N4OS2. The Hall–Kier alpha value is -2.56. The minimum Gasteiger partial charge on any atom is -0.344 e. The van der Waals surface area contributed by atoms with Crippen LogP contribution in [-0.2, 0) is 11.0 Å². The Balaban J connectivity index is 1.52. The van der Waals surface area contributed by atoms with Crippen molar-refractivity contribution in [1.29, 1.82) is 0 Å². The number of aromatic nitrogens is 3. The molecular weight excluding hydrogens is 469 g/mol. The number of thioether (sulfide) groups is 1. The van der Waals surface area contributed by atoms with E-state index < -0.39 is 11.7 Å². The van der Waals surface area contributed by atoms with Crippen LogP contribution in [0.4, 0.5) is 13.2 Å². The summed E-state index contributed by atoms with van der Waals surface area (Å²) in [5.74, 6) is -0.342. The molecule has 3 heterocycles. The van der Waals surface area contributed by atoms with Crippen LogP contribution >= 0.6 is 34.7 Å². The summed E-state index contributed by atoms with van der Waals surface area (Å²) in [5.41, 5.74) is 0.106. The molecule has 0 spiro atoms. The molecule has 1 aromatic carbocycles. The van der Waals surface area contributed by atoms with Crippen molar-refractivity contribution in [3.8, 4) is 0 Å². The van der Waals surface area contributed by atoms with Crippen molar-refractivity contribution in [2.24, 2.45) is 0 Å². The molecule has 0 aliphatic heterocycles. The molecule has 0 fully saturated rings. The normalized spacial score (nSPS) is 12.8. The number of nitrogens with zero attached hydrogens (tertiary/aromatic N) is 3. The maximum atomic E-state index is 13.1. The van der Waals surface area contributed by atoms with Crippen molar-refractivity contribution in [2.75, 3.05) is 5.75 Å². The SMILES string of the molecule is O=C(CSc1nnc2c(Cl)cc(C(F)(F)F)cn12)N[C@@H](c1ccccc1)c1cccs1. The van der Waals surface area contributed by atoms with Gasteiger partial charge in [-0.25, -0.2) is 0 Å². The van der Waals surface area contributed by atoms with Crippen molar-refractivity contribution in [3.05, 3.63) is 81.1 Å². The number of alkyl halides is 3. The van der Waals surface area contributed by atoms with E-state index in [1.165, 1.54) is 11.3 Å². The molecule has 11 heteroatoms. The van der Waals surface area contributed by atoms with Crippen molar-refractivity contribution in [3.63, 3.8) is 0 Å². The van der Waals surface area contributed by atoms with Crippen molar-refractivity contribution < 1.29 is 18.0 Å². The fourth-order valence-electron chi connectivity index (χ4n) is 2.94. The number of amides is 1. The van der Waals surface area contributed by atoms with Gasteiger partial charge < -0.3 is 5.32 Å². The predicted octanol–water partition coefficient (Wildman–Crippen LogP) is 5.46. The fraction of sp³-hybridized carbons (Fsp3) is 0.150. The Morgan fingerprint density at radius 3 is 2.65 bits per heavy atom. The second kappa shape index (κ2) is 8.89. The molecule has 4 rings (SSSR count). The summed E-state index contributed by atoms with van der Waals surface area (Å²) >= 11 is 8.43. The Labute approximate surface area is 188 Å². The van der Waals surface area contributed by atoms with Crippen LogP contribution in [0.3, 0.4) is 0 Å². The molecule has 4 aromatic rings. The highest BCUT2D eigenvalue weighted by Crippen LogP contribution is 2.33. The topological polar surface area (TPSA) is 59.3 Å². The molecule has 3 aromatic heterocycles. The minimum atomic E-state index is -4.56. The van der Waals surface area contributed by atoms with Crippen LogP contribution in [0.5, 0.6) is 0 Å². The van der Waals surface area contributed by atoms with E-state index in [1.807, 2.05) is 47.8 Å². The molecule has 0 aliphatic carbocycles. The number of pyridine rings is 1. The summed E-state index contributed by atoms with van der Waals surface area (Å²) < 4.78 is 40.5. The van der Waals surface area contributed by atoms with Gasteiger partial charge in [-0.1, -0.05) is 59.8 Å². The molecule has 31 heavy (non-hydrogen) atoms. The Bertz CT molecular complexity index is 1200. The van der Waals surface area contributed by atoms with Crippen molar-refractivity contribution in [1.82, 2.24) is 19.9 Å². The number of hydrogen-bond acceptors (Lipinski definition) is 5. The van der Waals surface area contributed by atoms with Gasteiger partial charge in [-0.15, -0.1) is 21.5 Å². The maximum Gasteiger partial charge on any atom is 0.417 e. The lowest BCUT2D eigenvalue weighted by molar-refractivity contribution is -0.137. The molecule has 1 atom stereocenters. The number of carbonyl (C=O) groups excluding carboxylic acids is 1. The fourth-order valence-corrected chi connectivity index (χ4v) is 4.71. The van der Waals surface area contributed by atoms with Gasteiger partial charge in [0, 0.05) is 11.1 Å². The van der Waals surface area contributed by atoms with Crippen LogP contribution < -0.4 is 5.32 Å². The Morgan fingerprint density at radius 2 is 1.97 bits per heavy atom. The van der Waals surface area contributed by atoms with E-state index in [9.17, 15) is 18.0 Å². The molecule has 0 unspecified atom stereocenters. The molecule has 1 N–H and O–H groups in total. The number of thiophene rings is 1.